The zero-order chi connectivity index (χ0) is 25.4. The fourth-order valence-corrected chi connectivity index (χ4v) is 5.09. The second kappa shape index (κ2) is 9.56. The Morgan fingerprint density at radius 1 is 1.17 bits per heavy atom. The average molecular weight is 503 g/mol. The van der Waals surface area contributed by atoms with E-state index in [1.807, 2.05) is 31.7 Å². The lowest BCUT2D eigenvalue weighted by molar-refractivity contribution is 0.0630. The van der Waals surface area contributed by atoms with Crippen molar-refractivity contribution in [3.8, 4) is 17.0 Å². The summed E-state index contributed by atoms with van der Waals surface area (Å²) < 4.78 is 29.6. The number of ether oxygens (including phenoxy) is 1. The Morgan fingerprint density at radius 3 is 2.49 bits per heavy atom. The number of carbonyl (C=O) groups excluding carboxylic acids is 1. The lowest BCUT2D eigenvalue weighted by Crippen LogP contribution is -2.40. The fraction of sp³-hybridized carbons (Fsp3) is 0.458. The van der Waals surface area contributed by atoms with E-state index >= 15 is 0 Å². The van der Waals surface area contributed by atoms with Gasteiger partial charge in [-0.15, -0.1) is 0 Å². The predicted molar refractivity (Wildman–Crippen MR) is 133 cm³/mol. The summed E-state index contributed by atoms with van der Waals surface area (Å²) in [6, 6.07) is 5.33. The van der Waals surface area contributed by atoms with Crippen LogP contribution in [0.25, 0.3) is 22.4 Å². The largest absolute Gasteiger partial charge is 0.486 e. The van der Waals surface area contributed by atoms with Crippen LogP contribution in [0.5, 0.6) is 5.75 Å². The first kappa shape index (κ1) is 25.1. The Bertz CT molecular complexity index is 1330. The maximum absolute atomic E-state index is 12.9. The number of aliphatic hydroxyl groups is 2. The second-order valence-corrected chi connectivity index (χ2v) is 12.0. The quantitative estimate of drug-likeness (QED) is 0.412. The van der Waals surface area contributed by atoms with Crippen LogP contribution in [0.3, 0.4) is 0 Å². The van der Waals surface area contributed by atoms with Crippen LogP contribution in [0.2, 0.25) is 0 Å². The number of anilines is 1. The molecule has 3 heterocycles. The van der Waals surface area contributed by atoms with Gasteiger partial charge in [-0.2, -0.15) is 0 Å². The molecule has 1 aliphatic heterocycles. The molecule has 10 nitrogen and oxygen atoms in total. The number of ketones is 1. The maximum atomic E-state index is 12.9. The minimum absolute atomic E-state index is 0.0523. The molecule has 35 heavy (non-hydrogen) atoms. The van der Waals surface area contributed by atoms with Gasteiger partial charge < -0.3 is 24.8 Å². The Hall–Kier alpha value is -3.02. The van der Waals surface area contributed by atoms with Crippen LogP contribution >= 0.6 is 0 Å². The number of aromatic nitrogens is 3. The van der Waals surface area contributed by atoms with E-state index in [-0.39, 0.29) is 30.5 Å². The summed E-state index contributed by atoms with van der Waals surface area (Å²) in [6.07, 6.45) is 2.39. The number of fused-ring (bicyclic) bond motifs is 1. The third-order valence-corrected chi connectivity index (χ3v) is 7.52. The van der Waals surface area contributed by atoms with E-state index in [1.165, 1.54) is 0 Å². The number of sulfone groups is 1. The molecular formula is C24H30N4O6S. The van der Waals surface area contributed by atoms with E-state index in [2.05, 4.69) is 9.97 Å². The van der Waals surface area contributed by atoms with Gasteiger partial charge in [0.05, 0.1) is 42.2 Å². The van der Waals surface area contributed by atoms with Crippen molar-refractivity contribution in [3.63, 3.8) is 0 Å². The molecule has 0 saturated carbocycles. The van der Waals surface area contributed by atoms with E-state index in [4.69, 9.17) is 9.72 Å². The third-order valence-electron chi connectivity index (χ3n) is 5.91. The zero-order valence-electron chi connectivity index (χ0n) is 20.0. The van der Waals surface area contributed by atoms with Crippen molar-refractivity contribution >= 4 is 32.5 Å². The van der Waals surface area contributed by atoms with Gasteiger partial charge in [-0.25, -0.2) is 18.4 Å². The summed E-state index contributed by atoms with van der Waals surface area (Å²) in [5.74, 6) is 0.435. The number of Topliss-reactive ketones (excluding diaryl/α,β-unsaturated/α-hetero) is 1. The number of hydrogen-bond acceptors (Lipinski definition) is 9. The summed E-state index contributed by atoms with van der Waals surface area (Å²) in [5, 5.41) is 18.9. The molecule has 0 aliphatic carbocycles. The SMILES string of the molecule is CC(C)(C)C(=O)c1c[nH]c2ncc(-c3cc(OC(CO)CO)cc(N4CCS(=O)(=O)CC4)c3)nc12. The molecule has 0 amide bonds. The standard InChI is InChI=1S/C24H30N4O6S/c1-24(2,3)22(31)19-11-25-23-21(19)27-20(12-26-23)15-8-16(28-4-6-35(32,33)7-5-28)10-17(9-15)34-18(13-29)14-30/h8-12,18,29-30H,4-7,13-14H2,1-3H3,(H,25,26). The summed E-state index contributed by atoms with van der Waals surface area (Å²) in [4.78, 5) is 27.1. The number of H-pyrrole nitrogens is 1. The van der Waals surface area contributed by atoms with E-state index in [0.29, 0.717) is 46.8 Å². The lowest BCUT2D eigenvalue weighted by Gasteiger charge is -2.29. The highest BCUT2D eigenvalue weighted by Crippen LogP contribution is 2.32. The highest BCUT2D eigenvalue weighted by molar-refractivity contribution is 7.91. The smallest absolute Gasteiger partial charge is 0.171 e. The molecule has 1 fully saturated rings. The average Bonchev–Trinajstić information content (AvgIpc) is 3.24. The van der Waals surface area contributed by atoms with Gasteiger partial charge >= 0.3 is 0 Å². The number of nitrogens with one attached hydrogen (secondary N) is 1. The van der Waals surface area contributed by atoms with E-state index in [0.717, 1.165) is 5.69 Å². The van der Waals surface area contributed by atoms with Gasteiger partial charge in [0.15, 0.2) is 21.3 Å². The monoisotopic (exact) mass is 502 g/mol. The Balaban J connectivity index is 1.78. The molecule has 0 spiro atoms. The molecule has 0 atom stereocenters. The number of hydrogen-bond donors (Lipinski definition) is 3. The van der Waals surface area contributed by atoms with Gasteiger partial charge in [-0.1, -0.05) is 20.8 Å². The number of carbonyl (C=O) groups is 1. The van der Waals surface area contributed by atoms with Crippen molar-refractivity contribution in [2.45, 2.75) is 26.9 Å². The van der Waals surface area contributed by atoms with Crippen molar-refractivity contribution in [2.24, 2.45) is 5.41 Å². The highest BCUT2D eigenvalue weighted by atomic mass is 32.2. The summed E-state index contributed by atoms with van der Waals surface area (Å²) in [5.41, 5.74) is 2.69. The molecular weight excluding hydrogens is 472 g/mol. The number of aliphatic hydroxyl groups excluding tert-OH is 2. The maximum Gasteiger partial charge on any atom is 0.171 e. The molecule has 1 saturated heterocycles. The summed E-state index contributed by atoms with van der Waals surface area (Å²) in [6.45, 7) is 5.46. The van der Waals surface area contributed by atoms with Gasteiger partial charge in [0.1, 0.15) is 17.4 Å². The topological polar surface area (TPSA) is 146 Å². The molecule has 11 heteroatoms. The van der Waals surface area contributed by atoms with Crippen molar-refractivity contribution in [2.75, 3.05) is 42.7 Å². The minimum atomic E-state index is -3.06. The van der Waals surface area contributed by atoms with E-state index < -0.39 is 21.4 Å². The van der Waals surface area contributed by atoms with Crippen molar-refractivity contribution < 1.29 is 28.2 Å². The number of rotatable bonds is 7. The van der Waals surface area contributed by atoms with Crippen LogP contribution in [0.4, 0.5) is 5.69 Å². The van der Waals surface area contributed by atoms with Crippen LogP contribution in [-0.4, -0.2) is 83.3 Å². The van der Waals surface area contributed by atoms with Crippen LogP contribution in [-0.2, 0) is 9.84 Å². The van der Waals surface area contributed by atoms with Crippen LogP contribution in [0.1, 0.15) is 31.1 Å². The van der Waals surface area contributed by atoms with Crippen LogP contribution in [0.15, 0.2) is 30.6 Å². The second-order valence-electron chi connectivity index (χ2n) is 9.69. The Kier molecular flexibility index (Phi) is 6.85. The first-order chi connectivity index (χ1) is 16.5. The van der Waals surface area contributed by atoms with Crippen molar-refractivity contribution in [1.82, 2.24) is 15.0 Å². The lowest BCUT2D eigenvalue weighted by atomic mass is 9.87. The van der Waals surface area contributed by atoms with Crippen molar-refractivity contribution in [1.29, 1.82) is 0 Å². The number of benzene rings is 1. The first-order valence-electron chi connectivity index (χ1n) is 11.4. The van der Waals surface area contributed by atoms with E-state index in [9.17, 15) is 23.4 Å². The number of nitrogens with zero attached hydrogens (tertiary/aromatic N) is 3. The van der Waals surface area contributed by atoms with Gasteiger partial charge in [0.2, 0.25) is 0 Å². The van der Waals surface area contributed by atoms with E-state index in [1.54, 1.807) is 24.5 Å². The molecule has 4 rings (SSSR count). The minimum Gasteiger partial charge on any atom is -0.486 e. The fourth-order valence-electron chi connectivity index (χ4n) is 3.88. The molecule has 2 aromatic heterocycles. The molecule has 188 valence electrons. The molecule has 3 N–H and O–H groups in total. The van der Waals surface area contributed by atoms with Crippen molar-refractivity contribution in [3.05, 3.63) is 36.2 Å². The highest BCUT2D eigenvalue weighted by Gasteiger charge is 2.27. The Labute approximate surface area is 203 Å². The first-order valence-corrected chi connectivity index (χ1v) is 13.2. The van der Waals surface area contributed by atoms with Gasteiger partial charge in [-0.05, 0) is 12.1 Å². The van der Waals surface area contributed by atoms with Gasteiger partial charge in [0, 0.05) is 42.0 Å². The molecule has 0 unspecified atom stereocenters. The third kappa shape index (κ3) is 5.47. The molecule has 1 aliphatic rings. The molecule has 1 aromatic carbocycles. The summed E-state index contributed by atoms with van der Waals surface area (Å²) in [7, 11) is -3.06. The zero-order valence-corrected chi connectivity index (χ0v) is 20.8. The molecule has 3 aromatic rings. The predicted octanol–water partition coefficient (Wildman–Crippen LogP) is 1.82. The van der Waals surface area contributed by atoms with Crippen LogP contribution < -0.4 is 9.64 Å². The normalized spacial score (nSPS) is 16.1. The number of aromatic amines is 1. The van der Waals surface area contributed by atoms with Gasteiger partial charge in [0.25, 0.3) is 0 Å². The molecule has 0 radical (unpaired) electrons. The van der Waals surface area contributed by atoms with Crippen LogP contribution in [0, 0.1) is 5.41 Å². The van der Waals surface area contributed by atoms with Gasteiger partial charge in [-0.3, -0.25) is 4.79 Å². The Morgan fingerprint density at radius 2 is 1.86 bits per heavy atom. The molecule has 0 bridgehead atoms. The summed E-state index contributed by atoms with van der Waals surface area (Å²) >= 11 is 0.